The van der Waals surface area contributed by atoms with Crippen LogP contribution in [0.3, 0.4) is 0 Å². The van der Waals surface area contributed by atoms with Crippen molar-refractivity contribution in [3.63, 3.8) is 0 Å². The summed E-state index contributed by atoms with van der Waals surface area (Å²) in [5.74, 6) is 1.57. The van der Waals surface area contributed by atoms with Crippen LogP contribution in [0.4, 0.5) is 0 Å². The SMILES string of the molecule is c1ccc(-c2nc(-n3c4ccccc4c4cc(-c5ccc6c(c5)c5c7ccccc7ccc5n6-c5ccccn5)ccc43)nc3ccccc23)cc1. The molecule has 52 heavy (non-hydrogen) atoms. The molecule has 7 aromatic carbocycles. The first-order valence-electron chi connectivity index (χ1n) is 17.5. The van der Waals surface area contributed by atoms with Crippen molar-refractivity contribution in [3.8, 4) is 34.2 Å². The highest BCUT2D eigenvalue weighted by atomic mass is 15.2. The van der Waals surface area contributed by atoms with E-state index in [1.807, 2.05) is 30.5 Å². The third-order valence-corrected chi connectivity index (χ3v) is 10.4. The van der Waals surface area contributed by atoms with Crippen molar-refractivity contribution in [3.05, 3.63) is 176 Å². The zero-order chi connectivity index (χ0) is 34.2. The third kappa shape index (κ3) is 4.26. The Hall–Kier alpha value is -7.11. The second-order valence-corrected chi connectivity index (χ2v) is 13.3. The van der Waals surface area contributed by atoms with Crippen LogP contribution < -0.4 is 0 Å². The van der Waals surface area contributed by atoms with Crippen molar-refractivity contribution < 1.29 is 0 Å². The largest absolute Gasteiger partial charge is 0.294 e. The first-order valence-corrected chi connectivity index (χ1v) is 17.5. The first kappa shape index (κ1) is 28.7. The Bertz CT molecular complexity index is 3180. The van der Waals surface area contributed by atoms with Gasteiger partial charge in [0.15, 0.2) is 0 Å². The van der Waals surface area contributed by atoms with Crippen LogP contribution in [0, 0.1) is 0 Å². The van der Waals surface area contributed by atoms with Gasteiger partial charge in [-0.05, 0) is 76.5 Å². The predicted molar refractivity (Wildman–Crippen MR) is 214 cm³/mol. The highest BCUT2D eigenvalue weighted by Gasteiger charge is 2.19. The van der Waals surface area contributed by atoms with Gasteiger partial charge in [-0.15, -0.1) is 0 Å². The van der Waals surface area contributed by atoms with Crippen LogP contribution in [0.15, 0.2) is 176 Å². The van der Waals surface area contributed by atoms with E-state index in [2.05, 4.69) is 155 Å². The minimum absolute atomic E-state index is 0.659. The maximum Gasteiger partial charge on any atom is 0.235 e. The molecule has 0 bridgehead atoms. The number of pyridine rings is 1. The van der Waals surface area contributed by atoms with E-state index in [0.29, 0.717) is 5.95 Å². The lowest BCUT2D eigenvalue weighted by molar-refractivity contribution is 1.01. The fourth-order valence-electron chi connectivity index (χ4n) is 8.05. The average Bonchev–Trinajstić information content (AvgIpc) is 3.73. The number of fused-ring (bicyclic) bond motifs is 9. The highest BCUT2D eigenvalue weighted by molar-refractivity contribution is 6.22. The summed E-state index contributed by atoms with van der Waals surface area (Å²) in [5, 5.41) is 8.26. The molecule has 0 spiro atoms. The molecule has 5 nitrogen and oxygen atoms in total. The predicted octanol–water partition coefficient (Wildman–Crippen LogP) is 11.7. The molecule has 242 valence electrons. The molecular weight excluding hydrogens is 635 g/mol. The summed E-state index contributed by atoms with van der Waals surface area (Å²) in [5.41, 5.74) is 9.64. The molecule has 0 atom stereocenters. The number of nitrogens with zero attached hydrogens (tertiary/aromatic N) is 5. The van der Waals surface area contributed by atoms with Crippen molar-refractivity contribution in [2.24, 2.45) is 0 Å². The molecule has 5 heteroatoms. The normalized spacial score (nSPS) is 11.8. The Balaban J connectivity index is 1.14. The fourth-order valence-corrected chi connectivity index (χ4v) is 8.05. The number of aromatic nitrogens is 5. The minimum atomic E-state index is 0.659. The first-order chi connectivity index (χ1) is 25.8. The molecule has 4 heterocycles. The summed E-state index contributed by atoms with van der Waals surface area (Å²) in [6, 6.07) is 60.0. The van der Waals surface area contributed by atoms with E-state index < -0.39 is 0 Å². The molecule has 0 radical (unpaired) electrons. The molecule has 0 amide bonds. The zero-order valence-electron chi connectivity index (χ0n) is 28.0. The van der Waals surface area contributed by atoms with Gasteiger partial charge in [0.1, 0.15) is 5.82 Å². The minimum Gasteiger partial charge on any atom is -0.294 e. The van der Waals surface area contributed by atoms with Gasteiger partial charge >= 0.3 is 0 Å². The van der Waals surface area contributed by atoms with Crippen LogP contribution >= 0.6 is 0 Å². The summed E-state index contributed by atoms with van der Waals surface area (Å²) in [6.45, 7) is 0. The molecule has 11 rings (SSSR count). The Kier molecular flexibility index (Phi) is 6.18. The van der Waals surface area contributed by atoms with Crippen LogP contribution in [0.25, 0.3) is 99.4 Å². The molecular formula is C47H29N5. The zero-order valence-corrected chi connectivity index (χ0v) is 28.0. The number of para-hydroxylation sites is 2. The monoisotopic (exact) mass is 663 g/mol. The Labute approximate surface area is 298 Å². The maximum absolute atomic E-state index is 5.25. The van der Waals surface area contributed by atoms with E-state index >= 15 is 0 Å². The van der Waals surface area contributed by atoms with Crippen LogP contribution in [-0.4, -0.2) is 24.1 Å². The molecule has 0 saturated carbocycles. The molecule has 11 aromatic rings. The van der Waals surface area contributed by atoms with E-state index in [-0.39, 0.29) is 0 Å². The van der Waals surface area contributed by atoms with Crippen LogP contribution in [0.2, 0.25) is 0 Å². The van der Waals surface area contributed by atoms with E-state index in [4.69, 9.17) is 15.0 Å². The smallest absolute Gasteiger partial charge is 0.235 e. The summed E-state index contributed by atoms with van der Waals surface area (Å²) in [7, 11) is 0. The van der Waals surface area contributed by atoms with Crippen molar-refractivity contribution >= 4 is 65.3 Å². The Morgan fingerprint density at radius 3 is 1.87 bits per heavy atom. The van der Waals surface area contributed by atoms with Gasteiger partial charge in [0, 0.05) is 38.7 Å². The molecule has 0 unspecified atom stereocenters. The second kappa shape index (κ2) is 11.2. The molecule has 0 aliphatic heterocycles. The van der Waals surface area contributed by atoms with Gasteiger partial charge in [0.2, 0.25) is 5.95 Å². The molecule has 0 aliphatic rings. The standard InChI is InChI=1S/C47H29N5/c1-2-13-31(14-3-1)46-36-17-6-8-18-39(36)49-47(50-46)52-40-19-9-7-16-35(40)37-28-32(22-24-41(37)52)33-23-25-42-38(29-33)45-34-15-5-4-12-30(34)21-26-43(45)51(42)44-20-10-11-27-48-44/h1-29H. The van der Waals surface area contributed by atoms with Crippen molar-refractivity contribution in [1.82, 2.24) is 24.1 Å². The summed E-state index contributed by atoms with van der Waals surface area (Å²) in [6.07, 6.45) is 1.86. The number of benzene rings is 7. The number of hydrogen-bond acceptors (Lipinski definition) is 3. The van der Waals surface area contributed by atoms with Crippen LogP contribution in [0.1, 0.15) is 0 Å². The summed E-state index contributed by atoms with van der Waals surface area (Å²) < 4.78 is 4.49. The molecule has 0 saturated heterocycles. The highest BCUT2D eigenvalue weighted by Crippen LogP contribution is 2.40. The van der Waals surface area contributed by atoms with E-state index in [1.165, 1.54) is 21.5 Å². The van der Waals surface area contributed by atoms with E-state index in [9.17, 15) is 0 Å². The lowest BCUT2D eigenvalue weighted by atomic mass is 9.99. The van der Waals surface area contributed by atoms with E-state index in [1.54, 1.807) is 0 Å². The average molecular weight is 664 g/mol. The summed E-state index contributed by atoms with van der Waals surface area (Å²) in [4.78, 5) is 15.2. The maximum atomic E-state index is 5.25. The van der Waals surface area contributed by atoms with Crippen LogP contribution in [-0.2, 0) is 0 Å². The molecule has 0 fully saturated rings. The summed E-state index contributed by atoms with van der Waals surface area (Å²) >= 11 is 0. The van der Waals surface area contributed by atoms with Gasteiger partial charge in [-0.1, -0.05) is 115 Å². The van der Waals surface area contributed by atoms with Crippen molar-refractivity contribution in [2.75, 3.05) is 0 Å². The van der Waals surface area contributed by atoms with Gasteiger partial charge in [0.25, 0.3) is 0 Å². The fraction of sp³-hybridized carbons (Fsp3) is 0. The Morgan fingerprint density at radius 2 is 1.04 bits per heavy atom. The molecule has 0 N–H and O–H groups in total. The van der Waals surface area contributed by atoms with Gasteiger partial charge in [0.05, 0.1) is 33.3 Å². The van der Waals surface area contributed by atoms with E-state index in [0.717, 1.165) is 71.9 Å². The number of rotatable bonds is 4. The quantitative estimate of drug-likeness (QED) is 0.188. The van der Waals surface area contributed by atoms with Crippen molar-refractivity contribution in [1.29, 1.82) is 0 Å². The lowest BCUT2D eigenvalue weighted by Crippen LogP contribution is -2.03. The van der Waals surface area contributed by atoms with Crippen LogP contribution in [0.5, 0.6) is 0 Å². The number of hydrogen-bond donors (Lipinski definition) is 0. The topological polar surface area (TPSA) is 48.5 Å². The second-order valence-electron chi connectivity index (χ2n) is 13.3. The van der Waals surface area contributed by atoms with Gasteiger partial charge in [-0.3, -0.25) is 9.13 Å². The van der Waals surface area contributed by atoms with Crippen molar-refractivity contribution in [2.45, 2.75) is 0 Å². The van der Waals surface area contributed by atoms with Gasteiger partial charge < -0.3 is 0 Å². The Morgan fingerprint density at radius 1 is 0.385 bits per heavy atom. The lowest BCUT2D eigenvalue weighted by Gasteiger charge is -2.12. The van der Waals surface area contributed by atoms with Gasteiger partial charge in [-0.25, -0.2) is 15.0 Å². The molecule has 4 aromatic heterocycles. The van der Waals surface area contributed by atoms with Gasteiger partial charge in [-0.2, -0.15) is 0 Å². The third-order valence-electron chi connectivity index (χ3n) is 10.4. The molecule has 0 aliphatic carbocycles.